The Morgan fingerprint density at radius 2 is 2.48 bits per heavy atom. The molecule has 2 heterocycles. The van der Waals surface area contributed by atoms with Gasteiger partial charge in [-0.05, 0) is 26.9 Å². The number of guanidine groups is 1. The molecular weight excluding hydrogens is 268 g/mol. The number of nitrogens with zero attached hydrogens (tertiary/aromatic N) is 4. The lowest BCUT2D eigenvalue weighted by Crippen LogP contribution is -2.38. The number of likely N-dealkylation sites (N-methyl/N-ethyl adjacent to an activating group) is 1. The first kappa shape index (κ1) is 15.8. The molecule has 0 aliphatic carbocycles. The zero-order valence-electron chi connectivity index (χ0n) is 13.1. The van der Waals surface area contributed by atoms with Crippen molar-refractivity contribution in [3.05, 3.63) is 18.0 Å². The van der Waals surface area contributed by atoms with Crippen LogP contribution in [0, 0.1) is 0 Å². The zero-order chi connectivity index (χ0) is 15.2. The fourth-order valence-electron chi connectivity index (χ4n) is 2.44. The minimum atomic E-state index is 0.168. The molecule has 1 aromatic heterocycles. The third-order valence-corrected chi connectivity index (χ3v) is 3.70. The SMILES string of the molecule is CN(C)C(CN=C(N)NCC1CCCO1)c1cnn(C)c1. The minimum absolute atomic E-state index is 0.168. The second-order valence-corrected chi connectivity index (χ2v) is 5.67. The zero-order valence-corrected chi connectivity index (χ0v) is 13.1. The van der Waals surface area contributed by atoms with Gasteiger partial charge in [-0.25, -0.2) is 0 Å². The highest BCUT2D eigenvalue weighted by Crippen LogP contribution is 2.17. The fraction of sp³-hybridized carbons (Fsp3) is 0.714. The Morgan fingerprint density at radius 1 is 1.67 bits per heavy atom. The summed E-state index contributed by atoms with van der Waals surface area (Å²) in [6.45, 7) is 2.19. The van der Waals surface area contributed by atoms with Gasteiger partial charge in [0.1, 0.15) is 0 Å². The molecule has 0 amide bonds. The van der Waals surface area contributed by atoms with Crippen LogP contribution in [-0.2, 0) is 11.8 Å². The van der Waals surface area contributed by atoms with Crippen LogP contribution in [0.1, 0.15) is 24.4 Å². The van der Waals surface area contributed by atoms with Crippen molar-refractivity contribution < 1.29 is 4.74 Å². The highest BCUT2D eigenvalue weighted by atomic mass is 16.5. The van der Waals surface area contributed by atoms with Gasteiger partial charge in [0, 0.05) is 32.0 Å². The van der Waals surface area contributed by atoms with Crippen LogP contribution in [0.3, 0.4) is 0 Å². The molecule has 1 saturated heterocycles. The van der Waals surface area contributed by atoms with E-state index in [4.69, 9.17) is 10.5 Å². The first-order valence-corrected chi connectivity index (χ1v) is 7.36. The van der Waals surface area contributed by atoms with E-state index in [-0.39, 0.29) is 12.1 Å². The normalized spacial score (nSPS) is 21.0. The van der Waals surface area contributed by atoms with Crippen molar-refractivity contribution >= 4 is 5.96 Å². The summed E-state index contributed by atoms with van der Waals surface area (Å²) in [4.78, 5) is 6.56. The Labute approximate surface area is 126 Å². The van der Waals surface area contributed by atoms with Crippen molar-refractivity contribution in [1.29, 1.82) is 0 Å². The number of ether oxygens (including phenoxy) is 1. The average molecular weight is 294 g/mol. The van der Waals surface area contributed by atoms with Crippen molar-refractivity contribution in [2.45, 2.75) is 25.0 Å². The first-order valence-electron chi connectivity index (χ1n) is 7.36. The molecule has 21 heavy (non-hydrogen) atoms. The maximum Gasteiger partial charge on any atom is 0.188 e. The van der Waals surface area contributed by atoms with Gasteiger partial charge in [-0.1, -0.05) is 0 Å². The number of hydrogen-bond donors (Lipinski definition) is 2. The van der Waals surface area contributed by atoms with Crippen LogP contribution in [0.4, 0.5) is 0 Å². The van der Waals surface area contributed by atoms with Crippen molar-refractivity contribution in [3.8, 4) is 0 Å². The van der Waals surface area contributed by atoms with E-state index in [0.29, 0.717) is 12.5 Å². The molecule has 2 rings (SSSR count). The number of hydrogen-bond acceptors (Lipinski definition) is 4. The summed E-state index contributed by atoms with van der Waals surface area (Å²) in [5.74, 6) is 0.473. The summed E-state index contributed by atoms with van der Waals surface area (Å²) in [6, 6.07) is 0.168. The lowest BCUT2D eigenvalue weighted by atomic mass is 10.1. The smallest absolute Gasteiger partial charge is 0.188 e. The molecule has 7 heteroatoms. The molecule has 1 fully saturated rings. The topological polar surface area (TPSA) is 80.7 Å². The lowest BCUT2D eigenvalue weighted by molar-refractivity contribution is 0.114. The summed E-state index contributed by atoms with van der Waals surface area (Å²) >= 11 is 0. The van der Waals surface area contributed by atoms with E-state index in [1.54, 1.807) is 4.68 Å². The summed E-state index contributed by atoms with van der Waals surface area (Å²) < 4.78 is 7.35. The van der Waals surface area contributed by atoms with Crippen LogP contribution in [0.5, 0.6) is 0 Å². The standard InChI is InChI=1S/C14H26N6O/c1-19(2)13(11-7-18-20(3)10-11)9-17-14(15)16-8-12-5-4-6-21-12/h7,10,12-13H,4-6,8-9H2,1-3H3,(H3,15,16,17). The van der Waals surface area contributed by atoms with Gasteiger partial charge in [0.15, 0.2) is 5.96 Å². The predicted molar refractivity (Wildman–Crippen MR) is 83.1 cm³/mol. The quantitative estimate of drug-likeness (QED) is 0.575. The highest BCUT2D eigenvalue weighted by molar-refractivity contribution is 5.77. The van der Waals surface area contributed by atoms with Gasteiger partial charge in [0.05, 0.1) is 24.9 Å². The van der Waals surface area contributed by atoms with E-state index in [0.717, 1.165) is 31.6 Å². The van der Waals surface area contributed by atoms with Crippen LogP contribution >= 0.6 is 0 Å². The van der Waals surface area contributed by atoms with Gasteiger partial charge in [-0.3, -0.25) is 9.67 Å². The Morgan fingerprint density at radius 3 is 3.05 bits per heavy atom. The maximum absolute atomic E-state index is 5.93. The molecule has 7 nitrogen and oxygen atoms in total. The van der Waals surface area contributed by atoms with Crippen molar-refractivity contribution in [2.75, 3.05) is 33.8 Å². The van der Waals surface area contributed by atoms with Crippen LogP contribution in [0.15, 0.2) is 17.4 Å². The average Bonchev–Trinajstić information content (AvgIpc) is 3.08. The highest BCUT2D eigenvalue weighted by Gasteiger charge is 2.17. The van der Waals surface area contributed by atoms with E-state index >= 15 is 0 Å². The van der Waals surface area contributed by atoms with Gasteiger partial charge in [-0.2, -0.15) is 5.10 Å². The third-order valence-electron chi connectivity index (χ3n) is 3.70. The van der Waals surface area contributed by atoms with Gasteiger partial charge >= 0.3 is 0 Å². The Hall–Kier alpha value is -1.60. The van der Waals surface area contributed by atoms with Crippen molar-refractivity contribution in [2.24, 2.45) is 17.8 Å². The molecule has 1 aliphatic heterocycles. The van der Waals surface area contributed by atoms with E-state index in [1.165, 1.54) is 0 Å². The van der Waals surface area contributed by atoms with Gasteiger partial charge in [-0.15, -0.1) is 0 Å². The molecule has 2 unspecified atom stereocenters. The van der Waals surface area contributed by atoms with Gasteiger partial charge in [0.25, 0.3) is 0 Å². The lowest BCUT2D eigenvalue weighted by Gasteiger charge is -2.21. The number of rotatable bonds is 6. The third kappa shape index (κ3) is 4.71. The van der Waals surface area contributed by atoms with Gasteiger partial charge < -0.3 is 20.7 Å². The molecule has 0 spiro atoms. The summed E-state index contributed by atoms with van der Waals surface area (Å²) in [7, 11) is 5.98. The molecule has 0 saturated carbocycles. The molecule has 0 bridgehead atoms. The summed E-state index contributed by atoms with van der Waals surface area (Å²) in [5, 5.41) is 7.35. The summed E-state index contributed by atoms with van der Waals surface area (Å²) in [5.41, 5.74) is 7.06. The van der Waals surface area contributed by atoms with E-state index in [1.807, 2.05) is 33.5 Å². The molecular formula is C14H26N6O. The van der Waals surface area contributed by atoms with Crippen LogP contribution in [-0.4, -0.2) is 60.5 Å². The van der Waals surface area contributed by atoms with Crippen LogP contribution in [0.2, 0.25) is 0 Å². The maximum atomic E-state index is 5.93. The monoisotopic (exact) mass is 294 g/mol. The second kappa shape index (κ2) is 7.42. The number of nitrogens with one attached hydrogen (secondary N) is 1. The number of nitrogens with two attached hydrogens (primary N) is 1. The fourth-order valence-corrected chi connectivity index (χ4v) is 2.44. The Balaban J connectivity index is 1.86. The van der Waals surface area contributed by atoms with Crippen molar-refractivity contribution in [3.63, 3.8) is 0 Å². The van der Waals surface area contributed by atoms with Gasteiger partial charge in [0.2, 0.25) is 0 Å². The number of aryl methyl sites for hydroxylation is 1. The molecule has 2 atom stereocenters. The predicted octanol–water partition coefficient (Wildman–Crippen LogP) is 0.106. The molecule has 1 aromatic rings. The number of aliphatic imine (C=N–C) groups is 1. The van der Waals surface area contributed by atoms with E-state index in [2.05, 4.69) is 20.3 Å². The minimum Gasteiger partial charge on any atom is -0.376 e. The number of aromatic nitrogens is 2. The Kier molecular flexibility index (Phi) is 5.58. The van der Waals surface area contributed by atoms with Crippen LogP contribution < -0.4 is 11.1 Å². The van der Waals surface area contributed by atoms with E-state index in [9.17, 15) is 0 Å². The molecule has 1 aliphatic rings. The molecule has 3 N–H and O–H groups in total. The van der Waals surface area contributed by atoms with E-state index < -0.39 is 0 Å². The second-order valence-electron chi connectivity index (χ2n) is 5.67. The first-order chi connectivity index (χ1) is 10.1. The molecule has 118 valence electrons. The van der Waals surface area contributed by atoms with Crippen LogP contribution in [0.25, 0.3) is 0 Å². The molecule has 0 aromatic carbocycles. The summed E-state index contributed by atoms with van der Waals surface area (Å²) in [6.07, 6.45) is 6.37. The Bertz CT molecular complexity index is 464. The largest absolute Gasteiger partial charge is 0.376 e. The van der Waals surface area contributed by atoms with Crippen molar-refractivity contribution in [1.82, 2.24) is 20.0 Å². The molecule has 0 radical (unpaired) electrons.